The summed E-state index contributed by atoms with van der Waals surface area (Å²) < 4.78 is 0. The molecule has 1 aromatic heterocycles. The van der Waals surface area contributed by atoms with Gasteiger partial charge in [0, 0.05) is 24.4 Å². The molecule has 0 fully saturated rings. The van der Waals surface area contributed by atoms with Crippen LogP contribution in [0.2, 0.25) is 0 Å². The van der Waals surface area contributed by atoms with Crippen LogP contribution in [0.3, 0.4) is 0 Å². The number of rotatable bonds is 4. The summed E-state index contributed by atoms with van der Waals surface area (Å²) >= 11 is 0. The van der Waals surface area contributed by atoms with Crippen LogP contribution in [0.25, 0.3) is 0 Å². The van der Waals surface area contributed by atoms with Crippen molar-refractivity contribution in [1.82, 2.24) is 10.3 Å². The third kappa shape index (κ3) is 4.40. The Bertz CT molecular complexity index is 343. The van der Waals surface area contributed by atoms with Crippen LogP contribution in [-0.2, 0) is 4.79 Å². The Morgan fingerprint density at radius 1 is 1.50 bits per heavy atom. The van der Waals surface area contributed by atoms with Crippen LogP contribution < -0.4 is 11.1 Å². The van der Waals surface area contributed by atoms with E-state index in [0.29, 0.717) is 6.42 Å². The molecule has 0 aliphatic carbocycles. The van der Waals surface area contributed by atoms with Crippen LogP contribution in [0.4, 0.5) is 0 Å². The molecule has 0 radical (unpaired) electrons. The highest BCUT2D eigenvalue weighted by Gasteiger charge is 2.17. The number of hydrogen-bond acceptors (Lipinski definition) is 3. The molecule has 88 valence electrons. The molecule has 0 saturated heterocycles. The zero-order chi connectivity index (χ0) is 12.2. The summed E-state index contributed by atoms with van der Waals surface area (Å²) in [6.07, 6.45) is 3.75. The first-order chi connectivity index (χ1) is 7.38. The SMILES string of the molecule is C[C@H](NC(=O)CC(C)(C)N)c1ccncc1. The Balaban J connectivity index is 2.52. The number of carbonyl (C=O) groups is 1. The lowest BCUT2D eigenvalue weighted by Gasteiger charge is -2.20. The Labute approximate surface area is 96.3 Å². The summed E-state index contributed by atoms with van der Waals surface area (Å²) in [4.78, 5) is 15.6. The second kappa shape index (κ2) is 5.07. The zero-order valence-corrected chi connectivity index (χ0v) is 10.0. The summed E-state index contributed by atoms with van der Waals surface area (Å²) in [5, 5.41) is 2.91. The molecule has 3 N–H and O–H groups in total. The van der Waals surface area contributed by atoms with Crippen LogP contribution in [-0.4, -0.2) is 16.4 Å². The summed E-state index contributed by atoms with van der Waals surface area (Å²) in [7, 11) is 0. The highest BCUT2D eigenvalue weighted by atomic mass is 16.1. The third-order valence-corrected chi connectivity index (χ3v) is 2.20. The van der Waals surface area contributed by atoms with E-state index in [1.807, 2.05) is 32.9 Å². The predicted molar refractivity (Wildman–Crippen MR) is 63.7 cm³/mol. The lowest BCUT2D eigenvalue weighted by molar-refractivity contribution is -0.122. The molecule has 4 heteroatoms. The first kappa shape index (κ1) is 12.6. The van der Waals surface area contributed by atoms with E-state index in [0.717, 1.165) is 5.56 Å². The molecular formula is C12H19N3O. The van der Waals surface area contributed by atoms with E-state index in [1.54, 1.807) is 12.4 Å². The Hall–Kier alpha value is -1.42. The molecule has 1 heterocycles. The van der Waals surface area contributed by atoms with Crippen molar-refractivity contribution >= 4 is 5.91 Å². The zero-order valence-electron chi connectivity index (χ0n) is 10.0. The molecule has 0 aliphatic rings. The largest absolute Gasteiger partial charge is 0.350 e. The van der Waals surface area contributed by atoms with Gasteiger partial charge in [0.25, 0.3) is 0 Å². The molecule has 0 aromatic carbocycles. The lowest BCUT2D eigenvalue weighted by atomic mass is 10.0. The summed E-state index contributed by atoms with van der Waals surface area (Å²) in [5.74, 6) is -0.0307. The van der Waals surface area contributed by atoms with E-state index in [-0.39, 0.29) is 11.9 Å². The van der Waals surface area contributed by atoms with Gasteiger partial charge in [0.05, 0.1) is 6.04 Å². The molecule has 4 nitrogen and oxygen atoms in total. The second-order valence-electron chi connectivity index (χ2n) is 4.74. The number of nitrogens with zero attached hydrogens (tertiary/aromatic N) is 1. The van der Waals surface area contributed by atoms with E-state index in [1.165, 1.54) is 0 Å². The van der Waals surface area contributed by atoms with Crippen LogP contribution in [0.15, 0.2) is 24.5 Å². The van der Waals surface area contributed by atoms with E-state index in [9.17, 15) is 4.79 Å². The summed E-state index contributed by atoms with van der Waals surface area (Å²) in [6.45, 7) is 5.62. The second-order valence-corrected chi connectivity index (χ2v) is 4.74. The van der Waals surface area contributed by atoms with Crippen molar-refractivity contribution in [2.24, 2.45) is 5.73 Å². The first-order valence-corrected chi connectivity index (χ1v) is 5.37. The van der Waals surface area contributed by atoms with Gasteiger partial charge in [-0.3, -0.25) is 9.78 Å². The smallest absolute Gasteiger partial charge is 0.222 e. The number of nitrogens with two attached hydrogens (primary N) is 1. The third-order valence-electron chi connectivity index (χ3n) is 2.20. The Morgan fingerprint density at radius 2 is 2.06 bits per heavy atom. The van der Waals surface area contributed by atoms with Crippen LogP contribution in [0, 0.1) is 0 Å². The van der Waals surface area contributed by atoms with Gasteiger partial charge < -0.3 is 11.1 Å². The number of pyridine rings is 1. The van der Waals surface area contributed by atoms with Gasteiger partial charge in [-0.1, -0.05) is 0 Å². The standard InChI is InChI=1S/C12H19N3O/c1-9(10-4-6-14-7-5-10)15-11(16)8-12(2,3)13/h4-7,9H,8,13H2,1-3H3,(H,15,16)/t9-/m0/s1. The normalized spacial score (nSPS) is 13.2. The van der Waals surface area contributed by atoms with Crippen LogP contribution in [0.1, 0.15) is 38.8 Å². The number of nitrogens with one attached hydrogen (secondary N) is 1. The fourth-order valence-electron chi connectivity index (χ4n) is 1.44. The number of carbonyl (C=O) groups excluding carboxylic acids is 1. The van der Waals surface area contributed by atoms with Crippen molar-refractivity contribution in [3.63, 3.8) is 0 Å². The highest BCUT2D eigenvalue weighted by molar-refractivity contribution is 5.77. The average Bonchev–Trinajstić information content (AvgIpc) is 2.16. The maximum Gasteiger partial charge on any atom is 0.222 e. The minimum absolute atomic E-state index is 0.0159. The Kier molecular flexibility index (Phi) is 4.01. The van der Waals surface area contributed by atoms with E-state index >= 15 is 0 Å². The molecule has 1 rings (SSSR count). The molecule has 0 unspecified atom stereocenters. The van der Waals surface area contributed by atoms with Gasteiger partial charge in [0.2, 0.25) is 5.91 Å². The van der Waals surface area contributed by atoms with E-state index in [2.05, 4.69) is 10.3 Å². The molecule has 0 aliphatic heterocycles. The van der Waals surface area contributed by atoms with Gasteiger partial charge in [-0.2, -0.15) is 0 Å². The van der Waals surface area contributed by atoms with E-state index < -0.39 is 5.54 Å². The molecule has 0 spiro atoms. The van der Waals surface area contributed by atoms with Gasteiger partial charge in [0.15, 0.2) is 0 Å². The van der Waals surface area contributed by atoms with Crippen molar-refractivity contribution in [3.8, 4) is 0 Å². The van der Waals surface area contributed by atoms with Gasteiger partial charge in [0.1, 0.15) is 0 Å². The maximum atomic E-state index is 11.6. The maximum absolute atomic E-state index is 11.6. The molecule has 0 bridgehead atoms. The first-order valence-electron chi connectivity index (χ1n) is 5.37. The van der Waals surface area contributed by atoms with Crippen molar-refractivity contribution in [1.29, 1.82) is 0 Å². The minimum atomic E-state index is -0.470. The van der Waals surface area contributed by atoms with Gasteiger partial charge in [-0.25, -0.2) is 0 Å². The van der Waals surface area contributed by atoms with E-state index in [4.69, 9.17) is 5.73 Å². The fourth-order valence-corrected chi connectivity index (χ4v) is 1.44. The molecule has 1 aromatic rings. The molecule has 16 heavy (non-hydrogen) atoms. The van der Waals surface area contributed by atoms with Crippen LogP contribution >= 0.6 is 0 Å². The quantitative estimate of drug-likeness (QED) is 0.807. The molecule has 0 saturated carbocycles. The van der Waals surface area contributed by atoms with Gasteiger partial charge in [-0.15, -0.1) is 0 Å². The summed E-state index contributed by atoms with van der Waals surface area (Å²) in [6, 6.07) is 3.76. The molecular weight excluding hydrogens is 202 g/mol. The highest BCUT2D eigenvalue weighted by Crippen LogP contribution is 2.11. The van der Waals surface area contributed by atoms with Crippen molar-refractivity contribution in [2.75, 3.05) is 0 Å². The average molecular weight is 221 g/mol. The minimum Gasteiger partial charge on any atom is -0.350 e. The Morgan fingerprint density at radius 3 is 2.56 bits per heavy atom. The number of aromatic nitrogens is 1. The van der Waals surface area contributed by atoms with Crippen molar-refractivity contribution in [3.05, 3.63) is 30.1 Å². The van der Waals surface area contributed by atoms with Gasteiger partial charge in [-0.05, 0) is 38.5 Å². The van der Waals surface area contributed by atoms with Crippen LogP contribution in [0.5, 0.6) is 0 Å². The fraction of sp³-hybridized carbons (Fsp3) is 0.500. The molecule has 1 atom stereocenters. The van der Waals surface area contributed by atoms with Crippen molar-refractivity contribution < 1.29 is 4.79 Å². The number of hydrogen-bond donors (Lipinski definition) is 2. The monoisotopic (exact) mass is 221 g/mol. The molecule has 1 amide bonds. The van der Waals surface area contributed by atoms with Crippen molar-refractivity contribution in [2.45, 2.75) is 38.8 Å². The summed E-state index contributed by atoms with van der Waals surface area (Å²) in [5.41, 5.74) is 6.35. The lowest BCUT2D eigenvalue weighted by Crippen LogP contribution is -2.39. The number of amides is 1. The topological polar surface area (TPSA) is 68.0 Å². The predicted octanol–water partition coefficient (Wildman–Crippen LogP) is 1.39. The van der Waals surface area contributed by atoms with Gasteiger partial charge >= 0.3 is 0 Å².